The summed E-state index contributed by atoms with van der Waals surface area (Å²) in [5, 5.41) is 0. The minimum absolute atomic E-state index is 1.22. The van der Waals surface area contributed by atoms with Gasteiger partial charge in [-0.1, -0.05) is 30.3 Å². The first-order valence-corrected chi connectivity index (χ1v) is 4.73. The molecule has 0 amide bonds. The predicted molar refractivity (Wildman–Crippen MR) is 60.7 cm³/mol. The number of hydrogen-bond acceptors (Lipinski definition) is 0. The Bertz CT molecular complexity index is 410. The maximum atomic E-state index is 2.17. The molecule has 1 heterocycles. The molecule has 0 aliphatic rings. The van der Waals surface area contributed by atoms with E-state index < -0.39 is 0 Å². The summed E-state index contributed by atoms with van der Waals surface area (Å²) in [6, 6.07) is 14.4. The van der Waals surface area contributed by atoms with Crippen LogP contribution < -0.4 is 0 Å². The molecule has 14 heavy (non-hydrogen) atoms. The second-order valence-corrected chi connectivity index (χ2v) is 3.29. The van der Waals surface area contributed by atoms with Crippen LogP contribution in [-0.2, 0) is 0 Å². The fraction of sp³-hybridized carbons (Fsp3) is 0.0769. The maximum Gasteiger partial charge on any atom is 0.0195 e. The van der Waals surface area contributed by atoms with Gasteiger partial charge in [-0.05, 0) is 30.7 Å². The first-order valence-electron chi connectivity index (χ1n) is 4.73. The van der Waals surface area contributed by atoms with Crippen LogP contribution in [0.1, 0.15) is 12.5 Å². The van der Waals surface area contributed by atoms with Gasteiger partial charge < -0.3 is 4.57 Å². The molecule has 0 N–H and O–H groups in total. The van der Waals surface area contributed by atoms with Crippen LogP contribution in [-0.4, -0.2) is 4.57 Å². The van der Waals surface area contributed by atoms with Crippen LogP contribution in [0.25, 0.3) is 11.8 Å². The van der Waals surface area contributed by atoms with Crippen LogP contribution in [0.3, 0.4) is 0 Å². The van der Waals surface area contributed by atoms with E-state index in [1.54, 1.807) is 0 Å². The van der Waals surface area contributed by atoms with Gasteiger partial charge in [0.05, 0.1) is 0 Å². The van der Waals surface area contributed by atoms with Crippen molar-refractivity contribution in [3.8, 4) is 0 Å². The van der Waals surface area contributed by atoms with Gasteiger partial charge in [-0.15, -0.1) is 0 Å². The Kier molecular flexibility index (Phi) is 2.50. The summed E-state index contributed by atoms with van der Waals surface area (Å²) >= 11 is 0. The third-order valence-electron chi connectivity index (χ3n) is 2.19. The summed E-state index contributed by atoms with van der Waals surface area (Å²) < 4.78 is 2.10. The molecule has 0 saturated carbocycles. The summed E-state index contributed by atoms with van der Waals surface area (Å²) in [5.41, 5.74) is 2.46. The Morgan fingerprint density at radius 1 is 1.00 bits per heavy atom. The van der Waals surface area contributed by atoms with E-state index in [4.69, 9.17) is 0 Å². The summed E-state index contributed by atoms with van der Waals surface area (Å²) in [7, 11) is 0. The molecule has 1 aromatic carbocycles. The van der Waals surface area contributed by atoms with Gasteiger partial charge in [-0.3, -0.25) is 0 Å². The van der Waals surface area contributed by atoms with Crippen LogP contribution >= 0.6 is 0 Å². The van der Waals surface area contributed by atoms with E-state index in [9.17, 15) is 0 Å². The van der Waals surface area contributed by atoms with Crippen molar-refractivity contribution < 1.29 is 0 Å². The van der Waals surface area contributed by atoms with E-state index in [1.807, 2.05) is 18.2 Å². The van der Waals surface area contributed by atoms with E-state index in [0.29, 0.717) is 0 Å². The highest BCUT2D eigenvalue weighted by atomic mass is 14.9. The molecule has 0 aliphatic heterocycles. The van der Waals surface area contributed by atoms with Gasteiger partial charge in [-0.25, -0.2) is 0 Å². The van der Waals surface area contributed by atoms with Gasteiger partial charge in [0.2, 0.25) is 0 Å². The lowest BCUT2D eigenvalue weighted by molar-refractivity contribution is 1.11. The van der Waals surface area contributed by atoms with E-state index >= 15 is 0 Å². The number of rotatable bonds is 2. The van der Waals surface area contributed by atoms with Crippen LogP contribution in [0.2, 0.25) is 0 Å². The fourth-order valence-electron chi connectivity index (χ4n) is 1.43. The van der Waals surface area contributed by atoms with Crippen LogP contribution in [0.15, 0.2) is 54.9 Å². The molecule has 0 radical (unpaired) electrons. The molecule has 1 nitrogen and oxygen atoms in total. The van der Waals surface area contributed by atoms with Crippen molar-refractivity contribution in [1.82, 2.24) is 4.57 Å². The summed E-state index contributed by atoms with van der Waals surface area (Å²) in [5.74, 6) is 0. The zero-order valence-corrected chi connectivity index (χ0v) is 8.22. The smallest absolute Gasteiger partial charge is 0.0195 e. The fourth-order valence-corrected chi connectivity index (χ4v) is 1.43. The van der Waals surface area contributed by atoms with Crippen LogP contribution in [0.5, 0.6) is 0 Å². The van der Waals surface area contributed by atoms with E-state index in [-0.39, 0.29) is 0 Å². The van der Waals surface area contributed by atoms with Crippen molar-refractivity contribution in [3.05, 3.63) is 60.4 Å². The first-order chi connectivity index (χ1) is 6.86. The number of allylic oxidation sites excluding steroid dienone is 1. The lowest BCUT2D eigenvalue weighted by atomic mass is 10.2. The molecule has 1 heteroatoms. The number of hydrogen-bond donors (Lipinski definition) is 0. The first kappa shape index (κ1) is 8.82. The minimum Gasteiger partial charge on any atom is -0.328 e. The van der Waals surface area contributed by atoms with Gasteiger partial charge in [0.15, 0.2) is 0 Å². The molecule has 0 atom stereocenters. The molecule has 1 aromatic heterocycles. The summed E-state index contributed by atoms with van der Waals surface area (Å²) in [4.78, 5) is 0. The number of aromatic nitrogens is 1. The molecule has 2 rings (SSSR count). The normalized spacial score (nSPS) is 11.6. The average molecular weight is 183 g/mol. The monoisotopic (exact) mass is 183 g/mol. The molecule has 0 aliphatic carbocycles. The third kappa shape index (κ3) is 1.94. The molecule has 0 saturated heterocycles. The van der Waals surface area contributed by atoms with Gasteiger partial charge in [0, 0.05) is 18.1 Å². The zero-order chi connectivity index (χ0) is 9.80. The lowest BCUT2D eigenvalue weighted by Gasteiger charge is -2.02. The number of nitrogens with zero attached hydrogens (tertiary/aromatic N) is 1. The zero-order valence-electron chi connectivity index (χ0n) is 8.22. The highest BCUT2D eigenvalue weighted by Gasteiger charge is 1.91. The second-order valence-electron chi connectivity index (χ2n) is 3.29. The Labute approximate surface area is 84.3 Å². The molecule has 0 spiro atoms. The molecular weight excluding hydrogens is 170 g/mol. The molecule has 0 fully saturated rings. The minimum atomic E-state index is 1.22. The van der Waals surface area contributed by atoms with Gasteiger partial charge in [-0.2, -0.15) is 0 Å². The van der Waals surface area contributed by atoms with E-state index in [1.165, 1.54) is 11.3 Å². The maximum absolute atomic E-state index is 2.17. The van der Waals surface area contributed by atoms with Gasteiger partial charge in [0.1, 0.15) is 0 Å². The third-order valence-corrected chi connectivity index (χ3v) is 2.19. The Balaban J connectivity index is 2.28. The predicted octanol–water partition coefficient (Wildman–Crippen LogP) is 3.51. The van der Waals surface area contributed by atoms with Gasteiger partial charge in [0.25, 0.3) is 0 Å². The molecule has 0 bridgehead atoms. The van der Waals surface area contributed by atoms with Crippen molar-refractivity contribution in [2.75, 3.05) is 0 Å². The summed E-state index contributed by atoms with van der Waals surface area (Å²) in [6.07, 6.45) is 6.27. The van der Waals surface area contributed by atoms with Crippen molar-refractivity contribution in [2.45, 2.75) is 6.92 Å². The van der Waals surface area contributed by atoms with E-state index in [2.05, 4.69) is 54.2 Å². The Hall–Kier alpha value is -1.76. The second kappa shape index (κ2) is 3.97. The standard InChI is InChI=1S/C13H13N/c1-12(14-9-5-6-10-14)11-13-7-3-2-4-8-13/h2-11H,1H3/b12-11+. The van der Waals surface area contributed by atoms with Crippen molar-refractivity contribution in [3.63, 3.8) is 0 Å². The van der Waals surface area contributed by atoms with Crippen LogP contribution in [0, 0.1) is 0 Å². The largest absolute Gasteiger partial charge is 0.328 e. The molecule has 2 aromatic rings. The van der Waals surface area contributed by atoms with Crippen molar-refractivity contribution in [1.29, 1.82) is 0 Å². The molecular formula is C13H13N. The Morgan fingerprint density at radius 2 is 1.64 bits per heavy atom. The molecule has 70 valence electrons. The number of benzene rings is 1. The van der Waals surface area contributed by atoms with Crippen molar-refractivity contribution >= 4 is 11.8 Å². The molecule has 0 unspecified atom stereocenters. The van der Waals surface area contributed by atoms with Gasteiger partial charge >= 0.3 is 0 Å². The SMILES string of the molecule is C/C(=C\c1ccccc1)n1cccc1. The summed E-state index contributed by atoms with van der Waals surface area (Å²) in [6.45, 7) is 2.10. The highest BCUT2D eigenvalue weighted by molar-refractivity contribution is 5.69. The highest BCUT2D eigenvalue weighted by Crippen LogP contribution is 2.10. The lowest BCUT2D eigenvalue weighted by Crippen LogP contribution is -1.87. The van der Waals surface area contributed by atoms with Crippen molar-refractivity contribution in [2.24, 2.45) is 0 Å². The topological polar surface area (TPSA) is 4.93 Å². The van der Waals surface area contributed by atoms with Crippen LogP contribution in [0.4, 0.5) is 0 Å². The quantitative estimate of drug-likeness (QED) is 0.671. The average Bonchev–Trinajstić information content (AvgIpc) is 2.72. The Morgan fingerprint density at radius 3 is 2.29 bits per heavy atom. The van der Waals surface area contributed by atoms with E-state index in [0.717, 1.165) is 0 Å².